The molecule has 8 heteroatoms. The maximum absolute atomic E-state index is 10.8. The van der Waals surface area contributed by atoms with Crippen LogP contribution in [0.3, 0.4) is 0 Å². The number of benzene rings is 2. The number of aryl methyl sites for hydroxylation is 1. The molecule has 5 rings (SSSR count). The summed E-state index contributed by atoms with van der Waals surface area (Å²) in [6.07, 6.45) is 6.20. The topological polar surface area (TPSA) is 79.4 Å². The fourth-order valence-corrected chi connectivity index (χ4v) is 4.68. The number of likely N-dealkylation sites (N-methyl/N-ethyl adjacent to an activating group) is 1. The molecule has 0 atom stereocenters. The summed E-state index contributed by atoms with van der Waals surface area (Å²) in [5.74, 6) is 0.856. The van der Waals surface area contributed by atoms with Crippen LogP contribution >= 0.6 is 11.9 Å². The lowest BCUT2D eigenvalue weighted by molar-refractivity contribution is 0.112. The number of rotatable bonds is 7. The van der Waals surface area contributed by atoms with Gasteiger partial charge in [0.25, 0.3) is 0 Å². The van der Waals surface area contributed by atoms with Crippen LogP contribution in [-0.4, -0.2) is 54.4 Å². The highest BCUT2D eigenvalue weighted by Crippen LogP contribution is 2.29. The first-order valence-corrected chi connectivity index (χ1v) is 13.1. The quantitative estimate of drug-likeness (QED) is 0.218. The molecule has 0 unspecified atom stereocenters. The Morgan fingerprint density at radius 1 is 1.05 bits per heavy atom. The summed E-state index contributed by atoms with van der Waals surface area (Å²) in [6.45, 7) is 8.15. The molecule has 2 aromatic carbocycles. The molecule has 1 aliphatic rings. The molecule has 0 radical (unpaired) electrons. The largest absolute Gasteiger partial charge is 0.494 e. The van der Waals surface area contributed by atoms with Crippen molar-refractivity contribution in [1.82, 2.24) is 14.9 Å². The second-order valence-corrected chi connectivity index (χ2v) is 9.21. The Morgan fingerprint density at radius 3 is 2.54 bits per heavy atom. The lowest BCUT2D eigenvalue weighted by Gasteiger charge is -2.37. The molecular formula is C29H35N5O2S. The molecular weight excluding hydrogens is 482 g/mol. The van der Waals surface area contributed by atoms with Gasteiger partial charge in [0.15, 0.2) is 0 Å². The molecule has 194 valence electrons. The molecule has 1 aliphatic heterocycles. The van der Waals surface area contributed by atoms with Crippen molar-refractivity contribution in [2.24, 2.45) is 0 Å². The van der Waals surface area contributed by atoms with Gasteiger partial charge in [0.1, 0.15) is 12.0 Å². The van der Waals surface area contributed by atoms with Gasteiger partial charge in [-0.25, -0.2) is 0 Å². The first-order chi connectivity index (χ1) is 18.1. The number of nitrogens with one attached hydrogen (secondary N) is 2. The second-order valence-electron chi connectivity index (χ2n) is 8.37. The summed E-state index contributed by atoms with van der Waals surface area (Å²) >= 11 is 1.53. The number of aldehydes is 1. The first kappa shape index (κ1) is 28.0. The Labute approximate surface area is 223 Å². The van der Waals surface area contributed by atoms with Crippen molar-refractivity contribution in [3.63, 3.8) is 0 Å². The van der Waals surface area contributed by atoms with E-state index in [2.05, 4.69) is 44.1 Å². The number of fused-ring (bicyclic) bond motifs is 1. The zero-order chi connectivity index (χ0) is 26.6. The van der Waals surface area contributed by atoms with E-state index < -0.39 is 0 Å². The van der Waals surface area contributed by atoms with Crippen LogP contribution in [0.15, 0.2) is 78.1 Å². The lowest BCUT2D eigenvalue weighted by atomic mass is 10.1. The van der Waals surface area contributed by atoms with Crippen molar-refractivity contribution in [2.45, 2.75) is 31.7 Å². The Kier molecular flexibility index (Phi) is 10.7. The van der Waals surface area contributed by atoms with Gasteiger partial charge in [0.05, 0.1) is 35.4 Å². The second kappa shape index (κ2) is 14.2. The predicted octanol–water partition coefficient (Wildman–Crippen LogP) is 6.32. The maximum Gasteiger partial charge on any atom is 0.150 e. The molecule has 2 aromatic heterocycles. The number of likely N-dealkylation sites (tertiary alicyclic amines) is 1. The highest BCUT2D eigenvalue weighted by molar-refractivity contribution is 8.00. The standard InChI is InChI=1S/C17H14N2OS.C10H15N3O.C2H6/c1-12-10-13(11-20)7-8-15(12)19-21-16-6-2-4-14-5-3-9-18-17(14)16;1-13-6-8(7-13)12-9-5-11-4-3-10(9)14-2;1-2/h2-11,19H,1H3;3-5,8,12H,6-7H2,1-2H3;1-2H3. The average molecular weight is 518 g/mol. The number of carbonyl (C=O) groups excluding carboxylic acids is 1. The van der Waals surface area contributed by atoms with E-state index in [1.165, 1.54) is 11.9 Å². The number of hydrogen-bond donors (Lipinski definition) is 2. The Balaban J connectivity index is 0.000000207. The van der Waals surface area contributed by atoms with Crippen LogP contribution in [-0.2, 0) is 0 Å². The number of anilines is 2. The highest BCUT2D eigenvalue weighted by Gasteiger charge is 2.23. The Bertz CT molecular complexity index is 1290. The minimum absolute atomic E-state index is 0.526. The molecule has 0 spiro atoms. The molecule has 37 heavy (non-hydrogen) atoms. The van der Waals surface area contributed by atoms with Crippen LogP contribution in [0.5, 0.6) is 5.75 Å². The molecule has 0 amide bonds. The number of aromatic nitrogens is 2. The van der Waals surface area contributed by atoms with E-state index in [9.17, 15) is 4.79 Å². The van der Waals surface area contributed by atoms with Gasteiger partial charge >= 0.3 is 0 Å². The van der Waals surface area contributed by atoms with E-state index in [0.29, 0.717) is 11.6 Å². The molecule has 0 aliphatic carbocycles. The van der Waals surface area contributed by atoms with Gasteiger partial charge in [-0.3, -0.25) is 14.8 Å². The van der Waals surface area contributed by atoms with Crippen LogP contribution in [0.4, 0.5) is 11.4 Å². The molecule has 7 nitrogen and oxygen atoms in total. The fourth-order valence-electron chi connectivity index (χ4n) is 3.82. The van der Waals surface area contributed by atoms with Gasteiger partial charge < -0.3 is 19.7 Å². The first-order valence-electron chi connectivity index (χ1n) is 12.3. The van der Waals surface area contributed by atoms with Crippen LogP contribution in [0.1, 0.15) is 29.8 Å². The van der Waals surface area contributed by atoms with Gasteiger partial charge in [-0.15, -0.1) is 0 Å². The van der Waals surface area contributed by atoms with Gasteiger partial charge in [-0.05, 0) is 61.8 Å². The van der Waals surface area contributed by atoms with Gasteiger partial charge in [-0.1, -0.05) is 32.0 Å². The van der Waals surface area contributed by atoms with E-state index in [1.807, 2.05) is 63.2 Å². The summed E-state index contributed by atoms with van der Waals surface area (Å²) in [6, 6.07) is 18.1. The number of carbonyl (C=O) groups is 1. The predicted molar refractivity (Wildman–Crippen MR) is 155 cm³/mol. The number of nitrogens with zero attached hydrogens (tertiary/aromatic N) is 3. The van der Waals surface area contributed by atoms with Crippen molar-refractivity contribution in [1.29, 1.82) is 0 Å². The van der Waals surface area contributed by atoms with Crippen molar-refractivity contribution in [3.8, 4) is 5.75 Å². The third-order valence-electron chi connectivity index (χ3n) is 5.68. The Hall–Kier alpha value is -3.62. The molecule has 2 N–H and O–H groups in total. The summed E-state index contributed by atoms with van der Waals surface area (Å²) in [5, 5.41) is 4.52. The van der Waals surface area contributed by atoms with Crippen molar-refractivity contribution in [3.05, 3.63) is 84.3 Å². The average Bonchev–Trinajstić information content (AvgIpc) is 2.93. The molecule has 4 aromatic rings. The number of para-hydroxylation sites is 1. The molecule has 0 bridgehead atoms. The van der Waals surface area contributed by atoms with Crippen molar-refractivity contribution >= 4 is 40.5 Å². The summed E-state index contributed by atoms with van der Waals surface area (Å²) in [4.78, 5) is 22.6. The summed E-state index contributed by atoms with van der Waals surface area (Å²) < 4.78 is 8.56. The van der Waals surface area contributed by atoms with Crippen molar-refractivity contribution < 1.29 is 9.53 Å². The molecule has 1 saturated heterocycles. The third-order valence-corrected chi connectivity index (χ3v) is 6.55. The van der Waals surface area contributed by atoms with E-state index in [1.54, 1.807) is 25.7 Å². The van der Waals surface area contributed by atoms with E-state index in [0.717, 1.165) is 57.9 Å². The molecule has 1 fully saturated rings. The highest BCUT2D eigenvalue weighted by atomic mass is 32.2. The zero-order valence-electron chi connectivity index (χ0n) is 22.1. The fraction of sp³-hybridized carbons (Fsp3) is 0.276. The summed E-state index contributed by atoms with van der Waals surface area (Å²) in [5.41, 5.74) is 4.70. The zero-order valence-corrected chi connectivity index (χ0v) is 22.9. The summed E-state index contributed by atoms with van der Waals surface area (Å²) in [7, 11) is 3.78. The molecule has 0 saturated carbocycles. The third kappa shape index (κ3) is 7.68. The lowest BCUT2D eigenvalue weighted by Crippen LogP contribution is -2.52. The van der Waals surface area contributed by atoms with Crippen LogP contribution in [0.25, 0.3) is 10.9 Å². The maximum atomic E-state index is 10.8. The SMILES string of the molecule is CC.COc1ccncc1NC1CN(C)C1.Cc1cc(C=O)ccc1NSc1cccc2cccnc12. The van der Waals surface area contributed by atoms with E-state index >= 15 is 0 Å². The van der Waals surface area contributed by atoms with Crippen LogP contribution in [0.2, 0.25) is 0 Å². The Morgan fingerprint density at radius 2 is 1.84 bits per heavy atom. The molecule has 3 heterocycles. The normalized spacial score (nSPS) is 12.8. The van der Waals surface area contributed by atoms with Crippen LogP contribution in [0, 0.1) is 6.92 Å². The minimum atomic E-state index is 0.526. The number of hydrogen-bond acceptors (Lipinski definition) is 8. The van der Waals surface area contributed by atoms with Crippen molar-refractivity contribution in [2.75, 3.05) is 37.3 Å². The van der Waals surface area contributed by atoms with Gasteiger partial charge in [0.2, 0.25) is 0 Å². The smallest absolute Gasteiger partial charge is 0.150 e. The van der Waals surface area contributed by atoms with Crippen LogP contribution < -0.4 is 14.8 Å². The van der Waals surface area contributed by atoms with E-state index in [4.69, 9.17) is 4.74 Å². The minimum Gasteiger partial charge on any atom is -0.494 e. The van der Waals surface area contributed by atoms with Gasteiger partial charge in [-0.2, -0.15) is 0 Å². The number of methoxy groups -OCH3 is 1. The monoisotopic (exact) mass is 517 g/mol. The van der Waals surface area contributed by atoms with Gasteiger partial charge in [0, 0.05) is 48.2 Å². The number of pyridine rings is 2. The van der Waals surface area contributed by atoms with E-state index in [-0.39, 0.29) is 0 Å². The number of ether oxygens (including phenoxy) is 1.